The number of nitrogens with one attached hydrogen (secondary N) is 1. The van der Waals surface area contributed by atoms with Crippen molar-refractivity contribution in [2.45, 2.75) is 39.3 Å². The first-order chi connectivity index (χ1) is 11.6. The molecule has 24 heavy (non-hydrogen) atoms. The summed E-state index contributed by atoms with van der Waals surface area (Å²) in [5.41, 5.74) is 2.29. The van der Waals surface area contributed by atoms with Crippen LogP contribution in [0.5, 0.6) is 0 Å². The number of likely N-dealkylation sites (tertiary alicyclic amines) is 1. The van der Waals surface area contributed by atoms with Gasteiger partial charge in [-0.15, -0.1) is 0 Å². The van der Waals surface area contributed by atoms with Gasteiger partial charge in [-0.1, -0.05) is 0 Å². The Morgan fingerprint density at radius 2 is 2.29 bits per heavy atom. The minimum atomic E-state index is 0.0927. The van der Waals surface area contributed by atoms with Crippen LogP contribution in [0, 0.1) is 12.8 Å². The number of aryl methyl sites for hydroxylation is 2. The van der Waals surface area contributed by atoms with Gasteiger partial charge >= 0.3 is 0 Å². The van der Waals surface area contributed by atoms with Crippen molar-refractivity contribution < 1.29 is 9.21 Å². The molecule has 1 aliphatic rings. The third kappa shape index (κ3) is 3.38. The van der Waals surface area contributed by atoms with E-state index in [4.69, 9.17) is 4.42 Å². The summed E-state index contributed by atoms with van der Waals surface area (Å²) in [6.45, 7) is 6.39. The summed E-state index contributed by atoms with van der Waals surface area (Å²) < 4.78 is 7.29. The first-order valence-corrected chi connectivity index (χ1v) is 8.61. The van der Waals surface area contributed by atoms with E-state index in [0.29, 0.717) is 12.3 Å². The fourth-order valence-electron chi connectivity index (χ4n) is 3.61. The Labute approximate surface area is 142 Å². The standard InChI is InChI=1S/C18H26N4O2/c1-4-22-17(23)6-5-14(18(22)15-10-20-21(3)12-15)9-19-11-16-13(2)7-8-24-16/h7-8,10,12,14,18-19H,4-6,9,11H2,1-3H3/t14-,18+/m1/s1. The summed E-state index contributed by atoms with van der Waals surface area (Å²) >= 11 is 0. The normalized spacial score (nSPS) is 21.5. The Morgan fingerprint density at radius 1 is 1.46 bits per heavy atom. The number of hydrogen-bond donors (Lipinski definition) is 1. The molecule has 1 aliphatic heterocycles. The van der Waals surface area contributed by atoms with Gasteiger partial charge in [-0.05, 0) is 37.8 Å². The second-order valence-electron chi connectivity index (χ2n) is 6.53. The van der Waals surface area contributed by atoms with Crippen molar-refractivity contribution in [2.24, 2.45) is 13.0 Å². The second kappa shape index (κ2) is 7.21. The van der Waals surface area contributed by atoms with Gasteiger partial charge in [-0.25, -0.2) is 0 Å². The fourth-order valence-corrected chi connectivity index (χ4v) is 3.61. The maximum Gasteiger partial charge on any atom is 0.223 e. The fraction of sp³-hybridized carbons (Fsp3) is 0.556. The molecule has 0 radical (unpaired) electrons. The molecular formula is C18H26N4O2. The highest BCUT2D eigenvalue weighted by Crippen LogP contribution is 2.36. The molecule has 0 aromatic carbocycles. The van der Waals surface area contributed by atoms with Gasteiger partial charge in [0.1, 0.15) is 5.76 Å². The van der Waals surface area contributed by atoms with E-state index in [1.807, 2.05) is 37.3 Å². The van der Waals surface area contributed by atoms with Crippen molar-refractivity contribution in [3.05, 3.63) is 41.6 Å². The molecule has 2 aromatic rings. The summed E-state index contributed by atoms with van der Waals surface area (Å²) in [5, 5.41) is 7.80. The number of piperidine rings is 1. The molecule has 6 nitrogen and oxygen atoms in total. The zero-order chi connectivity index (χ0) is 17.1. The Kier molecular flexibility index (Phi) is 5.04. The quantitative estimate of drug-likeness (QED) is 0.883. The van der Waals surface area contributed by atoms with Crippen LogP contribution in [0.4, 0.5) is 0 Å². The minimum absolute atomic E-state index is 0.0927. The molecule has 0 unspecified atom stereocenters. The molecule has 2 aromatic heterocycles. The van der Waals surface area contributed by atoms with Crippen LogP contribution < -0.4 is 5.32 Å². The molecule has 3 heterocycles. The van der Waals surface area contributed by atoms with Crippen molar-refractivity contribution in [1.29, 1.82) is 0 Å². The van der Waals surface area contributed by atoms with Crippen molar-refractivity contribution >= 4 is 5.91 Å². The second-order valence-corrected chi connectivity index (χ2v) is 6.53. The van der Waals surface area contributed by atoms with Gasteiger partial charge in [0, 0.05) is 38.3 Å². The molecule has 0 bridgehead atoms. The molecule has 1 fully saturated rings. The molecule has 1 amide bonds. The topological polar surface area (TPSA) is 63.3 Å². The molecule has 1 saturated heterocycles. The molecule has 6 heteroatoms. The van der Waals surface area contributed by atoms with Crippen molar-refractivity contribution in [1.82, 2.24) is 20.0 Å². The van der Waals surface area contributed by atoms with E-state index in [-0.39, 0.29) is 11.9 Å². The number of carbonyl (C=O) groups is 1. The predicted octanol–water partition coefficient (Wildman–Crippen LogP) is 2.41. The maximum absolute atomic E-state index is 12.3. The van der Waals surface area contributed by atoms with Crippen LogP contribution >= 0.6 is 0 Å². The number of furan rings is 1. The van der Waals surface area contributed by atoms with Crippen LogP contribution in [0.15, 0.2) is 29.1 Å². The van der Waals surface area contributed by atoms with Gasteiger partial charge in [-0.2, -0.15) is 5.10 Å². The van der Waals surface area contributed by atoms with Crippen molar-refractivity contribution in [2.75, 3.05) is 13.1 Å². The van der Waals surface area contributed by atoms with Gasteiger partial charge < -0.3 is 14.6 Å². The summed E-state index contributed by atoms with van der Waals surface area (Å²) in [6.07, 6.45) is 7.16. The van der Waals surface area contributed by atoms with E-state index in [9.17, 15) is 4.79 Å². The monoisotopic (exact) mass is 330 g/mol. The van der Waals surface area contributed by atoms with Crippen molar-refractivity contribution in [3.8, 4) is 0 Å². The van der Waals surface area contributed by atoms with Gasteiger partial charge in [-0.3, -0.25) is 9.48 Å². The van der Waals surface area contributed by atoms with E-state index in [1.165, 1.54) is 5.56 Å². The Balaban J connectivity index is 1.71. The Bertz CT molecular complexity index is 691. The smallest absolute Gasteiger partial charge is 0.223 e. The highest BCUT2D eigenvalue weighted by Gasteiger charge is 2.36. The number of aromatic nitrogens is 2. The number of rotatable bonds is 6. The lowest BCUT2D eigenvalue weighted by atomic mass is 9.85. The molecule has 0 saturated carbocycles. The zero-order valence-electron chi connectivity index (χ0n) is 14.7. The summed E-state index contributed by atoms with van der Waals surface area (Å²) in [4.78, 5) is 14.3. The minimum Gasteiger partial charge on any atom is -0.468 e. The predicted molar refractivity (Wildman–Crippen MR) is 91.2 cm³/mol. The number of carbonyl (C=O) groups excluding carboxylic acids is 1. The number of hydrogen-bond acceptors (Lipinski definition) is 4. The average Bonchev–Trinajstić information content (AvgIpc) is 3.17. The van der Waals surface area contributed by atoms with Crippen LogP contribution in [0.1, 0.15) is 42.7 Å². The van der Waals surface area contributed by atoms with E-state index < -0.39 is 0 Å². The van der Waals surface area contributed by atoms with E-state index in [1.54, 1.807) is 10.9 Å². The lowest BCUT2D eigenvalue weighted by molar-refractivity contribution is -0.138. The lowest BCUT2D eigenvalue weighted by Crippen LogP contribution is -2.45. The van der Waals surface area contributed by atoms with Crippen LogP contribution in [0.3, 0.4) is 0 Å². The van der Waals surface area contributed by atoms with E-state index in [0.717, 1.165) is 37.4 Å². The van der Waals surface area contributed by atoms with Crippen molar-refractivity contribution in [3.63, 3.8) is 0 Å². The molecule has 130 valence electrons. The lowest BCUT2D eigenvalue weighted by Gasteiger charge is -2.40. The first kappa shape index (κ1) is 16.8. The summed E-state index contributed by atoms with van der Waals surface area (Å²) in [5.74, 6) is 1.60. The van der Waals surface area contributed by atoms with E-state index >= 15 is 0 Å². The molecule has 2 atom stereocenters. The summed E-state index contributed by atoms with van der Waals surface area (Å²) in [7, 11) is 1.91. The zero-order valence-corrected chi connectivity index (χ0v) is 14.7. The highest BCUT2D eigenvalue weighted by atomic mass is 16.3. The van der Waals surface area contributed by atoms with E-state index in [2.05, 4.69) is 17.3 Å². The third-order valence-electron chi connectivity index (χ3n) is 4.90. The van der Waals surface area contributed by atoms with Crippen LogP contribution in [-0.2, 0) is 18.4 Å². The van der Waals surface area contributed by atoms with Gasteiger partial charge in [0.15, 0.2) is 0 Å². The Hall–Kier alpha value is -2.08. The Morgan fingerprint density at radius 3 is 2.92 bits per heavy atom. The van der Waals surface area contributed by atoms with Gasteiger partial charge in [0.05, 0.1) is 25.0 Å². The largest absolute Gasteiger partial charge is 0.468 e. The first-order valence-electron chi connectivity index (χ1n) is 8.61. The molecule has 0 spiro atoms. The van der Waals surface area contributed by atoms with Gasteiger partial charge in [0.25, 0.3) is 0 Å². The molecular weight excluding hydrogens is 304 g/mol. The SMILES string of the molecule is CCN1C(=O)CC[C@H](CNCc2occc2C)[C@H]1c1cnn(C)c1. The van der Waals surface area contributed by atoms with Crippen LogP contribution in [0.25, 0.3) is 0 Å². The van der Waals surface area contributed by atoms with Crippen LogP contribution in [-0.4, -0.2) is 33.7 Å². The maximum atomic E-state index is 12.3. The molecule has 0 aliphatic carbocycles. The summed E-state index contributed by atoms with van der Waals surface area (Å²) in [6, 6.07) is 2.07. The van der Waals surface area contributed by atoms with Crippen LogP contribution in [0.2, 0.25) is 0 Å². The third-order valence-corrected chi connectivity index (χ3v) is 4.90. The van der Waals surface area contributed by atoms with Gasteiger partial charge in [0.2, 0.25) is 5.91 Å². The number of nitrogens with zero attached hydrogens (tertiary/aromatic N) is 3. The number of amides is 1. The molecule has 1 N–H and O–H groups in total. The average molecular weight is 330 g/mol. The molecule has 3 rings (SSSR count). The highest BCUT2D eigenvalue weighted by molar-refractivity contribution is 5.77.